The van der Waals surface area contributed by atoms with E-state index in [1.807, 2.05) is 96.7 Å². The van der Waals surface area contributed by atoms with Crippen molar-refractivity contribution >= 4 is 50.0 Å². The molecule has 3 N–H and O–H groups in total. The second kappa shape index (κ2) is 15.3. The van der Waals surface area contributed by atoms with E-state index in [-0.39, 0.29) is 10.5 Å². The first-order valence-corrected chi connectivity index (χ1v) is 17.7. The van der Waals surface area contributed by atoms with Crippen LogP contribution in [-0.4, -0.2) is 75.0 Å². The highest BCUT2D eigenvalue weighted by atomic mass is 32.2. The summed E-state index contributed by atoms with van der Waals surface area (Å²) in [5, 5.41) is 8.81. The fourth-order valence-corrected chi connectivity index (χ4v) is 7.38. The maximum atomic E-state index is 13.6. The Kier molecular flexibility index (Phi) is 10.5. The summed E-state index contributed by atoms with van der Waals surface area (Å²) in [5.74, 6) is 0.224. The summed E-state index contributed by atoms with van der Waals surface area (Å²) in [5.41, 5.74) is 5.87. The second-order valence-electron chi connectivity index (χ2n) is 11.9. The van der Waals surface area contributed by atoms with Gasteiger partial charge in [-0.1, -0.05) is 42.5 Å². The molecule has 256 valence electrons. The van der Waals surface area contributed by atoms with Crippen molar-refractivity contribution in [3.63, 3.8) is 0 Å². The number of aromatic nitrogens is 2. The summed E-state index contributed by atoms with van der Waals surface area (Å²) in [7, 11) is 0.168. The zero-order valence-corrected chi connectivity index (χ0v) is 28.7. The van der Waals surface area contributed by atoms with E-state index >= 15 is 0 Å². The molecule has 11 nitrogen and oxygen atoms in total. The Labute approximate surface area is 292 Å². The maximum absolute atomic E-state index is 13.6. The molecule has 0 bridgehead atoms. The third-order valence-corrected chi connectivity index (χ3v) is 10.3. The molecule has 1 atom stereocenters. The van der Waals surface area contributed by atoms with Crippen LogP contribution in [0, 0.1) is 0 Å². The summed E-state index contributed by atoms with van der Waals surface area (Å²) in [6, 6.07) is 31.1. The van der Waals surface area contributed by atoms with Crippen molar-refractivity contribution in [2.24, 2.45) is 0 Å². The Balaban J connectivity index is 1.17. The van der Waals surface area contributed by atoms with E-state index in [9.17, 15) is 13.2 Å². The second-order valence-corrected chi connectivity index (χ2v) is 14.0. The smallest absolute Gasteiger partial charge is 0.255 e. The topological polar surface area (TPSA) is 129 Å². The average Bonchev–Trinajstić information content (AvgIpc) is 3.13. The van der Waals surface area contributed by atoms with E-state index in [1.54, 1.807) is 18.2 Å². The molecule has 1 saturated heterocycles. The van der Waals surface area contributed by atoms with Crippen LogP contribution in [-0.2, 0) is 14.6 Å². The summed E-state index contributed by atoms with van der Waals surface area (Å²) >= 11 is 0. The van der Waals surface area contributed by atoms with Gasteiger partial charge in [0, 0.05) is 72.8 Å². The number of carbonyl (C=O) groups is 1. The minimum atomic E-state index is -3.82. The lowest BCUT2D eigenvalue weighted by molar-refractivity contribution is 0.0374. The van der Waals surface area contributed by atoms with Crippen LogP contribution < -0.4 is 20.9 Å². The molecule has 0 spiro atoms. The lowest BCUT2D eigenvalue weighted by atomic mass is 10.1. The van der Waals surface area contributed by atoms with E-state index in [2.05, 4.69) is 32.5 Å². The number of amides is 1. The SMILES string of the molecule is C=CC(N1CCOCC1)S(=O)(=O)c1cccc(C(=O)Nc2cccc(Nc3ccccc3-c3cc(Nc4cccc(N(C)C)c4)ncn3)c2)c1. The van der Waals surface area contributed by atoms with Crippen LogP contribution >= 0.6 is 0 Å². The van der Waals surface area contributed by atoms with Gasteiger partial charge in [-0.25, -0.2) is 18.4 Å². The molecule has 1 unspecified atom stereocenters. The highest BCUT2D eigenvalue weighted by Crippen LogP contribution is 2.31. The average molecular weight is 690 g/mol. The van der Waals surface area contributed by atoms with E-state index < -0.39 is 21.1 Å². The molecular weight excluding hydrogens is 651 g/mol. The zero-order valence-electron chi connectivity index (χ0n) is 27.9. The molecule has 2 heterocycles. The Morgan fingerprint density at radius 3 is 2.36 bits per heavy atom. The molecule has 1 amide bonds. The molecule has 1 fully saturated rings. The molecule has 0 saturated carbocycles. The number of para-hydroxylation sites is 1. The van der Waals surface area contributed by atoms with Gasteiger partial charge in [-0.15, -0.1) is 6.58 Å². The number of nitrogens with zero attached hydrogens (tertiary/aromatic N) is 4. The first-order valence-electron chi connectivity index (χ1n) is 16.1. The van der Waals surface area contributed by atoms with Crippen molar-refractivity contribution < 1.29 is 17.9 Å². The number of carbonyl (C=O) groups excluding carboxylic acids is 1. The van der Waals surface area contributed by atoms with Crippen molar-refractivity contribution in [1.82, 2.24) is 14.9 Å². The molecule has 12 heteroatoms. The molecule has 4 aromatic carbocycles. The van der Waals surface area contributed by atoms with Gasteiger partial charge in [-0.05, 0) is 60.7 Å². The van der Waals surface area contributed by atoms with Gasteiger partial charge in [0.25, 0.3) is 5.91 Å². The summed E-state index contributed by atoms with van der Waals surface area (Å²) in [6.45, 7) is 5.64. The van der Waals surface area contributed by atoms with Gasteiger partial charge in [-0.2, -0.15) is 0 Å². The number of rotatable bonds is 12. The molecule has 1 aromatic heterocycles. The number of anilines is 6. The van der Waals surface area contributed by atoms with Crippen molar-refractivity contribution in [2.75, 3.05) is 61.2 Å². The lowest BCUT2D eigenvalue weighted by Crippen LogP contribution is -2.46. The van der Waals surface area contributed by atoms with Crippen LogP contribution in [0.5, 0.6) is 0 Å². The van der Waals surface area contributed by atoms with Gasteiger partial charge < -0.3 is 25.6 Å². The quantitative estimate of drug-likeness (QED) is 0.124. The number of benzene rings is 4. The maximum Gasteiger partial charge on any atom is 0.255 e. The van der Waals surface area contributed by atoms with E-state index in [1.165, 1.54) is 24.5 Å². The van der Waals surface area contributed by atoms with Gasteiger partial charge in [-0.3, -0.25) is 9.69 Å². The van der Waals surface area contributed by atoms with Crippen molar-refractivity contribution in [1.29, 1.82) is 0 Å². The van der Waals surface area contributed by atoms with E-state index in [0.29, 0.717) is 37.8 Å². The van der Waals surface area contributed by atoms with Gasteiger partial charge in [0.05, 0.1) is 23.8 Å². The van der Waals surface area contributed by atoms with Crippen LogP contribution in [0.15, 0.2) is 127 Å². The zero-order chi connectivity index (χ0) is 35.1. The molecule has 0 aliphatic carbocycles. The van der Waals surface area contributed by atoms with Gasteiger partial charge in [0.1, 0.15) is 17.5 Å². The molecule has 1 aliphatic rings. The van der Waals surface area contributed by atoms with Crippen LogP contribution in [0.25, 0.3) is 11.3 Å². The monoisotopic (exact) mass is 689 g/mol. The largest absolute Gasteiger partial charge is 0.379 e. The number of hydrogen-bond donors (Lipinski definition) is 3. The predicted octanol–water partition coefficient (Wildman–Crippen LogP) is 6.57. The fourth-order valence-electron chi connectivity index (χ4n) is 5.69. The van der Waals surface area contributed by atoms with Crippen LogP contribution in [0.4, 0.5) is 34.3 Å². The summed E-state index contributed by atoms with van der Waals surface area (Å²) in [6.07, 6.45) is 2.96. The summed E-state index contributed by atoms with van der Waals surface area (Å²) in [4.78, 5) is 26.2. The third-order valence-electron chi connectivity index (χ3n) is 8.25. The highest BCUT2D eigenvalue weighted by Gasteiger charge is 2.32. The summed E-state index contributed by atoms with van der Waals surface area (Å²) < 4.78 is 32.5. The van der Waals surface area contributed by atoms with E-state index in [0.717, 1.165) is 34.0 Å². The molecule has 50 heavy (non-hydrogen) atoms. The number of sulfone groups is 1. The van der Waals surface area contributed by atoms with Crippen LogP contribution in [0.2, 0.25) is 0 Å². The Morgan fingerprint density at radius 1 is 0.860 bits per heavy atom. The standard InChI is InChI=1S/C38H39N7O4S/c1-4-37(45-18-20-49-21-19-45)50(47,48)32-15-7-10-27(22-32)38(46)43-29-12-8-11-28(23-29)41-34-17-6-5-16-33(34)35-25-36(40-26-39-35)42-30-13-9-14-31(24-30)44(2)3/h4-17,22-26,37,41H,1,18-21H2,2-3H3,(H,43,46)(H,39,40,42). The highest BCUT2D eigenvalue weighted by molar-refractivity contribution is 7.92. The Hall–Kier alpha value is -5.56. The molecule has 5 aromatic rings. The number of hydrogen-bond acceptors (Lipinski definition) is 10. The first kappa shape index (κ1) is 34.3. The predicted molar refractivity (Wildman–Crippen MR) is 199 cm³/mol. The normalized spacial score (nSPS) is 14.0. The van der Waals surface area contributed by atoms with Gasteiger partial charge in [0.15, 0.2) is 9.84 Å². The molecule has 6 rings (SSSR count). The van der Waals surface area contributed by atoms with Crippen LogP contribution in [0.1, 0.15) is 10.4 Å². The number of nitrogens with one attached hydrogen (secondary N) is 3. The molecule has 1 aliphatic heterocycles. The minimum Gasteiger partial charge on any atom is -0.379 e. The number of ether oxygens (including phenoxy) is 1. The van der Waals surface area contributed by atoms with Crippen molar-refractivity contribution in [3.8, 4) is 11.3 Å². The Morgan fingerprint density at radius 2 is 1.58 bits per heavy atom. The molecule has 0 radical (unpaired) electrons. The van der Waals surface area contributed by atoms with Crippen molar-refractivity contribution in [3.05, 3.63) is 128 Å². The fraction of sp³-hybridized carbons (Fsp3) is 0.184. The van der Waals surface area contributed by atoms with Gasteiger partial charge >= 0.3 is 0 Å². The van der Waals surface area contributed by atoms with E-state index in [4.69, 9.17) is 4.74 Å². The number of morpholine rings is 1. The Bertz CT molecular complexity index is 2100. The third kappa shape index (κ3) is 8.00. The first-order chi connectivity index (χ1) is 24.2. The van der Waals surface area contributed by atoms with Crippen molar-refractivity contribution in [2.45, 2.75) is 10.3 Å². The van der Waals surface area contributed by atoms with Gasteiger partial charge in [0.2, 0.25) is 0 Å². The molecular formula is C38H39N7O4S. The lowest BCUT2D eigenvalue weighted by Gasteiger charge is -2.32. The minimum absolute atomic E-state index is 0.0544. The van der Waals surface area contributed by atoms with Crippen LogP contribution in [0.3, 0.4) is 0 Å².